The summed E-state index contributed by atoms with van der Waals surface area (Å²) in [4.78, 5) is 0. The number of aryl methyl sites for hydroxylation is 4. The van der Waals surface area contributed by atoms with E-state index in [1.54, 1.807) is 4.68 Å². The van der Waals surface area contributed by atoms with E-state index >= 15 is 0 Å². The highest BCUT2D eigenvalue weighted by Gasteiger charge is 2.01. The van der Waals surface area contributed by atoms with Crippen LogP contribution in [0.5, 0.6) is 0 Å². The molecule has 0 atom stereocenters. The third-order valence-corrected chi connectivity index (χ3v) is 2.57. The van der Waals surface area contributed by atoms with Crippen molar-refractivity contribution in [1.82, 2.24) is 24.8 Å². The summed E-state index contributed by atoms with van der Waals surface area (Å²) in [6.07, 6.45) is 8.22. The first-order valence-corrected chi connectivity index (χ1v) is 5.75. The number of nitrogens with zero attached hydrogens (tertiary/aromatic N) is 5. The fourth-order valence-corrected chi connectivity index (χ4v) is 1.67. The lowest BCUT2D eigenvalue weighted by molar-refractivity contribution is 0.288. The van der Waals surface area contributed by atoms with Gasteiger partial charge in [0.15, 0.2) is 0 Å². The number of hydrogen-bond donors (Lipinski definition) is 1. The van der Waals surface area contributed by atoms with E-state index in [9.17, 15) is 0 Å². The number of rotatable bonds is 6. The monoisotopic (exact) mass is 235 g/mol. The summed E-state index contributed by atoms with van der Waals surface area (Å²) in [6.45, 7) is 1.00. The van der Waals surface area contributed by atoms with Crippen molar-refractivity contribution >= 4 is 0 Å². The summed E-state index contributed by atoms with van der Waals surface area (Å²) < 4.78 is 3.63. The molecule has 0 spiro atoms. The Labute approximate surface area is 99.9 Å². The first-order valence-electron chi connectivity index (χ1n) is 5.75. The van der Waals surface area contributed by atoms with Crippen LogP contribution in [0.15, 0.2) is 18.6 Å². The van der Waals surface area contributed by atoms with Gasteiger partial charge in [-0.15, -0.1) is 5.10 Å². The fraction of sp³-hybridized carbons (Fsp3) is 0.545. The van der Waals surface area contributed by atoms with Crippen LogP contribution in [0, 0.1) is 0 Å². The van der Waals surface area contributed by atoms with Crippen LogP contribution < -0.4 is 0 Å². The molecule has 2 rings (SSSR count). The normalized spacial score (nSPS) is 10.9. The molecule has 92 valence electrons. The molecule has 2 aromatic heterocycles. The minimum absolute atomic E-state index is 0.197. The average Bonchev–Trinajstić information content (AvgIpc) is 2.93. The van der Waals surface area contributed by atoms with Crippen molar-refractivity contribution in [2.24, 2.45) is 7.05 Å². The molecule has 6 nitrogen and oxygen atoms in total. The van der Waals surface area contributed by atoms with Gasteiger partial charge in [0.2, 0.25) is 0 Å². The summed E-state index contributed by atoms with van der Waals surface area (Å²) >= 11 is 0. The first-order chi connectivity index (χ1) is 8.28. The van der Waals surface area contributed by atoms with E-state index in [2.05, 4.69) is 15.4 Å². The zero-order valence-electron chi connectivity index (χ0n) is 9.95. The molecule has 0 fully saturated rings. The molecule has 2 aromatic rings. The molecule has 0 amide bonds. The molecule has 0 aliphatic rings. The lowest BCUT2D eigenvalue weighted by atomic mass is 10.2. The van der Waals surface area contributed by atoms with Gasteiger partial charge in [0.25, 0.3) is 0 Å². The second-order valence-electron chi connectivity index (χ2n) is 4.07. The number of aliphatic hydroxyl groups is 1. The largest absolute Gasteiger partial charge is 0.396 e. The van der Waals surface area contributed by atoms with Gasteiger partial charge in [-0.3, -0.25) is 9.36 Å². The molecule has 6 heteroatoms. The highest BCUT2D eigenvalue weighted by Crippen LogP contribution is 2.02. The Balaban J connectivity index is 1.84. The molecule has 2 heterocycles. The zero-order valence-corrected chi connectivity index (χ0v) is 9.95. The first kappa shape index (κ1) is 11.8. The van der Waals surface area contributed by atoms with Gasteiger partial charge in [-0.2, -0.15) is 5.10 Å². The number of aliphatic hydroxyl groups excluding tert-OH is 1. The summed E-state index contributed by atoms with van der Waals surface area (Å²) in [5.41, 5.74) is 2.13. The van der Waals surface area contributed by atoms with Crippen molar-refractivity contribution < 1.29 is 5.11 Å². The molecular formula is C11H17N5O. The summed E-state index contributed by atoms with van der Waals surface area (Å²) in [5.74, 6) is 0. The number of aromatic nitrogens is 5. The van der Waals surface area contributed by atoms with Crippen molar-refractivity contribution in [3.8, 4) is 0 Å². The van der Waals surface area contributed by atoms with E-state index in [4.69, 9.17) is 5.11 Å². The Hall–Kier alpha value is -1.69. The second-order valence-corrected chi connectivity index (χ2v) is 4.07. The van der Waals surface area contributed by atoms with Gasteiger partial charge in [-0.1, -0.05) is 5.21 Å². The van der Waals surface area contributed by atoms with E-state index in [1.807, 2.05) is 30.3 Å². The van der Waals surface area contributed by atoms with Gasteiger partial charge in [-0.05, 0) is 24.8 Å². The van der Waals surface area contributed by atoms with Crippen LogP contribution in [0.2, 0.25) is 0 Å². The van der Waals surface area contributed by atoms with Crippen LogP contribution >= 0.6 is 0 Å². The molecule has 0 bridgehead atoms. The van der Waals surface area contributed by atoms with Gasteiger partial charge in [-0.25, -0.2) is 0 Å². The lowest BCUT2D eigenvalue weighted by Gasteiger charge is -1.97. The molecule has 0 saturated carbocycles. The van der Waals surface area contributed by atoms with Crippen molar-refractivity contribution in [2.45, 2.75) is 25.8 Å². The lowest BCUT2D eigenvalue weighted by Crippen LogP contribution is -2.01. The molecule has 17 heavy (non-hydrogen) atoms. The minimum Gasteiger partial charge on any atom is -0.396 e. The molecule has 0 aliphatic heterocycles. The Kier molecular flexibility index (Phi) is 3.87. The van der Waals surface area contributed by atoms with Crippen molar-refractivity contribution in [2.75, 3.05) is 6.61 Å². The molecule has 0 unspecified atom stereocenters. The van der Waals surface area contributed by atoms with Gasteiger partial charge in [0.1, 0.15) is 0 Å². The van der Waals surface area contributed by atoms with E-state index in [1.165, 1.54) is 5.56 Å². The second kappa shape index (κ2) is 5.58. The van der Waals surface area contributed by atoms with E-state index in [-0.39, 0.29) is 6.61 Å². The Morgan fingerprint density at radius 2 is 2.18 bits per heavy atom. The van der Waals surface area contributed by atoms with Gasteiger partial charge < -0.3 is 5.11 Å². The highest BCUT2D eigenvalue weighted by atomic mass is 16.2. The topological polar surface area (TPSA) is 68.8 Å². The Bertz CT molecular complexity index is 462. The van der Waals surface area contributed by atoms with Gasteiger partial charge in [0.05, 0.1) is 11.9 Å². The maximum atomic E-state index is 8.72. The standard InChI is InChI=1S/C11H17N5O/c1-15-8-10(7-12-15)4-5-16-9-11(13-14-16)3-2-6-17/h7-9,17H,2-6H2,1H3. The van der Waals surface area contributed by atoms with Gasteiger partial charge >= 0.3 is 0 Å². The molecule has 0 aliphatic carbocycles. The molecule has 0 saturated heterocycles. The Morgan fingerprint density at radius 1 is 1.29 bits per heavy atom. The van der Waals surface area contributed by atoms with Crippen LogP contribution in [0.4, 0.5) is 0 Å². The molecule has 1 N–H and O–H groups in total. The maximum Gasteiger partial charge on any atom is 0.0828 e. The number of hydrogen-bond acceptors (Lipinski definition) is 4. The average molecular weight is 235 g/mol. The van der Waals surface area contributed by atoms with Crippen molar-refractivity contribution in [1.29, 1.82) is 0 Å². The third-order valence-electron chi connectivity index (χ3n) is 2.57. The SMILES string of the molecule is Cn1cc(CCn2cc(CCCO)nn2)cn1. The summed E-state index contributed by atoms with van der Waals surface area (Å²) in [6, 6.07) is 0. The van der Waals surface area contributed by atoms with Crippen molar-refractivity contribution in [3.05, 3.63) is 29.8 Å². The third kappa shape index (κ3) is 3.39. The van der Waals surface area contributed by atoms with E-state index in [0.29, 0.717) is 0 Å². The molecule has 0 aromatic carbocycles. The van der Waals surface area contributed by atoms with E-state index in [0.717, 1.165) is 31.5 Å². The van der Waals surface area contributed by atoms with Crippen LogP contribution in [0.3, 0.4) is 0 Å². The van der Waals surface area contributed by atoms with Crippen LogP contribution in [0.25, 0.3) is 0 Å². The van der Waals surface area contributed by atoms with Crippen LogP contribution in [-0.2, 0) is 26.4 Å². The quantitative estimate of drug-likeness (QED) is 0.775. The van der Waals surface area contributed by atoms with Crippen molar-refractivity contribution in [3.63, 3.8) is 0 Å². The van der Waals surface area contributed by atoms with Crippen LogP contribution in [0.1, 0.15) is 17.7 Å². The predicted molar refractivity (Wildman–Crippen MR) is 62.3 cm³/mol. The molecular weight excluding hydrogens is 218 g/mol. The smallest absolute Gasteiger partial charge is 0.0828 e. The maximum absolute atomic E-state index is 8.72. The van der Waals surface area contributed by atoms with Crippen LogP contribution in [-0.4, -0.2) is 36.5 Å². The zero-order chi connectivity index (χ0) is 12.1. The Morgan fingerprint density at radius 3 is 2.88 bits per heavy atom. The fourth-order valence-electron chi connectivity index (χ4n) is 1.67. The summed E-state index contributed by atoms with van der Waals surface area (Å²) in [7, 11) is 1.91. The summed E-state index contributed by atoms with van der Waals surface area (Å²) in [5, 5.41) is 20.9. The predicted octanol–water partition coefficient (Wildman–Crippen LogP) is 0.179. The minimum atomic E-state index is 0.197. The highest BCUT2D eigenvalue weighted by molar-refractivity contribution is 5.03. The van der Waals surface area contributed by atoms with E-state index < -0.39 is 0 Å². The van der Waals surface area contributed by atoms with Gasteiger partial charge in [0, 0.05) is 32.6 Å². The molecule has 0 radical (unpaired) electrons.